The Balaban J connectivity index is 2.17. The van der Waals surface area contributed by atoms with Gasteiger partial charge in [-0.15, -0.1) is 0 Å². The van der Waals surface area contributed by atoms with Crippen LogP contribution in [0.25, 0.3) is 0 Å². The molecule has 0 fully saturated rings. The third-order valence-electron chi connectivity index (χ3n) is 2.76. The molecule has 1 heterocycles. The number of rotatable bonds is 4. The second-order valence-electron chi connectivity index (χ2n) is 4.16. The molecule has 98 valence electrons. The van der Waals surface area contributed by atoms with Gasteiger partial charge in [0.25, 0.3) is 0 Å². The summed E-state index contributed by atoms with van der Waals surface area (Å²) in [6.07, 6.45) is 2.32. The molecule has 5 heteroatoms. The molecule has 1 aromatic rings. The molecule has 1 N–H and O–H groups in total. The zero-order chi connectivity index (χ0) is 13.0. The second-order valence-corrected chi connectivity index (χ2v) is 5.02. The molecule has 0 saturated heterocycles. The predicted octanol–water partition coefficient (Wildman–Crippen LogP) is 3.02. The van der Waals surface area contributed by atoms with Crippen molar-refractivity contribution in [3.63, 3.8) is 0 Å². The number of carboxylic acid groups (broad SMARTS) is 1. The first-order valence-electron chi connectivity index (χ1n) is 5.97. The van der Waals surface area contributed by atoms with Gasteiger partial charge in [-0.1, -0.05) is 6.07 Å². The summed E-state index contributed by atoms with van der Waals surface area (Å²) < 4.78 is 12.3. The first kappa shape index (κ1) is 13.2. The van der Waals surface area contributed by atoms with Gasteiger partial charge in [-0.25, -0.2) is 0 Å². The van der Waals surface area contributed by atoms with Crippen molar-refractivity contribution in [3.05, 3.63) is 22.2 Å². The average Bonchev–Trinajstić information content (AvgIpc) is 2.58. The Morgan fingerprint density at radius 1 is 1.28 bits per heavy atom. The van der Waals surface area contributed by atoms with Gasteiger partial charge in [0.1, 0.15) is 0 Å². The molecule has 1 aromatic carbocycles. The lowest BCUT2D eigenvalue weighted by atomic mass is 10.1. The molecule has 0 aromatic heterocycles. The first-order valence-corrected chi connectivity index (χ1v) is 6.76. The third-order valence-corrected chi connectivity index (χ3v) is 3.39. The standard InChI is InChI=1S/C13H15BrO4/c14-10-6-5-9(3-1-4-11(15)16)12-13(10)18-8-2-7-17-12/h5-6H,1-4,7-8H2,(H,15,16). The van der Waals surface area contributed by atoms with E-state index in [9.17, 15) is 4.79 Å². The van der Waals surface area contributed by atoms with E-state index in [4.69, 9.17) is 14.6 Å². The summed E-state index contributed by atoms with van der Waals surface area (Å²) >= 11 is 3.44. The topological polar surface area (TPSA) is 55.8 Å². The minimum atomic E-state index is -0.768. The molecule has 0 atom stereocenters. The van der Waals surface area contributed by atoms with Crippen molar-refractivity contribution in [1.82, 2.24) is 0 Å². The summed E-state index contributed by atoms with van der Waals surface area (Å²) in [5, 5.41) is 8.66. The van der Waals surface area contributed by atoms with Crippen molar-refractivity contribution < 1.29 is 19.4 Å². The van der Waals surface area contributed by atoms with Crippen LogP contribution in [-0.2, 0) is 11.2 Å². The third kappa shape index (κ3) is 3.16. The van der Waals surface area contributed by atoms with Crippen LogP contribution in [0.15, 0.2) is 16.6 Å². The normalized spacial score (nSPS) is 14.1. The summed E-state index contributed by atoms with van der Waals surface area (Å²) in [7, 11) is 0. The summed E-state index contributed by atoms with van der Waals surface area (Å²) in [6, 6.07) is 3.88. The van der Waals surface area contributed by atoms with Gasteiger partial charge in [-0.05, 0) is 40.4 Å². The number of aliphatic carboxylic acids is 1. The lowest BCUT2D eigenvalue weighted by molar-refractivity contribution is -0.137. The maximum absolute atomic E-state index is 10.5. The van der Waals surface area contributed by atoms with E-state index in [1.54, 1.807) is 0 Å². The lowest BCUT2D eigenvalue weighted by Gasteiger charge is -2.13. The predicted molar refractivity (Wildman–Crippen MR) is 70.3 cm³/mol. The molecular weight excluding hydrogens is 300 g/mol. The van der Waals surface area contributed by atoms with Crippen LogP contribution in [0.2, 0.25) is 0 Å². The second kappa shape index (κ2) is 6.09. The number of hydrogen-bond donors (Lipinski definition) is 1. The van der Waals surface area contributed by atoms with Crippen LogP contribution in [0.5, 0.6) is 11.5 Å². The zero-order valence-corrected chi connectivity index (χ0v) is 11.5. The Labute approximate surface area is 114 Å². The van der Waals surface area contributed by atoms with E-state index in [1.165, 1.54) is 0 Å². The van der Waals surface area contributed by atoms with Crippen LogP contribution in [0.3, 0.4) is 0 Å². The molecule has 0 unspecified atom stereocenters. The van der Waals surface area contributed by atoms with Gasteiger partial charge in [-0.2, -0.15) is 0 Å². The number of ether oxygens (including phenoxy) is 2. The first-order chi connectivity index (χ1) is 8.68. The van der Waals surface area contributed by atoms with Gasteiger partial charge >= 0.3 is 5.97 Å². The van der Waals surface area contributed by atoms with Crippen molar-refractivity contribution >= 4 is 21.9 Å². The SMILES string of the molecule is O=C(O)CCCc1ccc(Br)c2c1OCCCO2. The van der Waals surface area contributed by atoms with Gasteiger partial charge in [0, 0.05) is 12.8 Å². The molecule has 1 aliphatic rings. The summed E-state index contributed by atoms with van der Waals surface area (Å²) in [6.45, 7) is 1.28. The minimum Gasteiger partial charge on any atom is -0.489 e. The smallest absolute Gasteiger partial charge is 0.303 e. The highest BCUT2D eigenvalue weighted by atomic mass is 79.9. The van der Waals surface area contributed by atoms with E-state index < -0.39 is 5.97 Å². The van der Waals surface area contributed by atoms with Gasteiger partial charge < -0.3 is 14.6 Å². The highest BCUT2D eigenvalue weighted by Gasteiger charge is 2.17. The van der Waals surface area contributed by atoms with E-state index in [2.05, 4.69) is 15.9 Å². The molecule has 0 bridgehead atoms. The van der Waals surface area contributed by atoms with Gasteiger partial charge in [0.2, 0.25) is 0 Å². The molecule has 2 rings (SSSR count). The van der Waals surface area contributed by atoms with Crippen molar-refractivity contribution in [2.45, 2.75) is 25.7 Å². The number of carboxylic acids is 1. The Kier molecular flexibility index (Phi) is 4.47. The Bertz CT molecular complexity index is 445. The van der Waals surface area contributed by atoms with Crippen LogP contribution >= 0.6 is 15.9 Å². The van der Waals surface area contributed by atoms with E-state index >= 15 is 0 Å². The van der Waals surface area contributed by atoms with E-state index in [1.807, 2.05) is 12.1 Å². The number of aryl methyl sites for hydroxylation is 1. The van der Waals surface area contributed by atoms with E-state index in [0.717, 1.165) is 28.0 Å². The van der Waals surface area contributed by atoms with Crippen LogP contribution in [0, 0.1) is 0 Å². The summed E-state index contributed by atoms with van der Waals surface area (Å²) in [5.74, 6) is 0.725. The molecule has 0 saturated carbocycles. The number of fused-ring (bicyclic) bond motifs is 1. The molecule has 1 aliphatic heterocycles. The van der Waals surface area contributed by atoms with Crippen molar-refractivity contribution in [1.29, 1.82) is 0 Å². The highest BCUT2D eigenvalue weighted by molar-refractivity contribution is 9.10. The number of halogens is 1. The molecular formula is C13H15BrO4. The fourth-order valence-electron chi connectivity index (χ4n) is 1.91. The Hall–Kier alpha value is -1.23. The maximum atomic E-state index is 10.5. The number of benzene rings is 1. The number of hydrogen-bond acceptors (Lipinski definition) is 3. The largest absolute Gasteiger partial charge is 0.489 e. The fraction of sp³-hybridized carbons (Fsp3) is 0.462. The Morgan fingerprint density at radius 2 is 2.00 bits per heavy atom. The highest BCUT2D eigenvalue weighted by Crippen LogP contribution is 2.40. The van der Waals surface area contributed by atoms with E-state index in [-0.39, 0.29) is 6.42 Å². The molecule has 0 aliphatic carbocycles. The Morgan fingerprint density at radius 3 is 2.72 bits per heavy atom. The van der Waals surface area contributed by atoms with Crippen molar-refractivity contribution in [2.75, 3.05) is 13.2 Å². The average molecular weight is 315 g/mol. The van der Waals surface area contributed by atoms with Crippen molar-refractivity contribution in [3.8, 4) is 11.5 Å². The maximum Gasteiger partial charge on any atom is 0.303 e. The molecule has 0 radical (unpaired) electrons. The molecule has 18 heavy (non-hydrogen) atoms. The molecule has 0 amide bonds. The van der Waals surface area contributed by atoms with Crippen molar-refractivity contribution in [2.24, 2.45) is 0 Å². The quantitative estimate of drug-likeness (QED) is 0.928. The lowest BCUT2D eigenvalue weighted by Crippen LogP contribution is -2.00. The van der Waals surface area contributed by atoms with Crippen LogP contribution in [-0.4, -0.2) is 24.3 Å². The number of carbonyl (C=O) groups is 1. The fourth-order valence-corrected chi connectivity index (χ4v) is 2.33. The van der Waals surface area contributed by atoms with Crippen LogP contribution in [0.4, 0.5) is 0 Å². The summed E-state index contributed by atoms with van der Waals surface area (Å²) in [4.78, 5) is 10.5. The van der Waals surface area contributed by atoms with Crippen LogP contribution in [0.1, 0.15) is 24.8 Å². The summed E-state index contributed by atoms with van der Waals surface area (Å²) in [5.41, 5.74) is 1.01. The monoisotopic (exact) mass is 314 g/mol. The van der Waals surface area contributed by atoms with Gasteiger partial charge in [-0.3, -0.25) is 4.79 Å². The van der Waals surface area contributed by atoms with Gasteiger partial charge in [0.15, 0.2) is 11.5 Å². The van der Waals surface area contributed by atoms with Crippen LogP contribution < -0.4 is 9.47 Å². The van der Waals surface area contributed by atoms with E-state index in [0.29, 0.717) is 26.1 Å². The zero-order valence-electron chi connectivity index (χ0n) is 9.95. The minimum absolute atomic E-state index is 0.172. The van der Waals surface area contributed by atoms with Gasteiger partial charge in [0.05, 0.1) is 17.7 Å². The molecule has 4 nitrogen and oxygen atoms in total. The molecule has 0 spiro atoms.